The first-order valence-corrected chi connectivity index (χ1v) is 6.70. The largest absolute Gasteiger partial charge is 0.316 e. The average molecular weight is 232 g/mol. The van der Waals surface area contributed by atoms with E-state index >= 15 is 0 Å². The molecule has 16 heavy (non-hydrogen) atoms. The van der Waals surface area contributed by atoms with Crippen molar-refractivity contribution in [2.75, 3.05) is 13.1 Å². The summed E-state index contributed by atoms with van der Waals surface area (Å²) in [5.74, 6) is 0.793. The molecule has 2 heterocycles. The fraction of sp³-hybridized carbons (Fsp3) is 0.462. The van der Waals surface area contributed by atoms with Crippen LogP contribution in [0.15, 0.2) is 18.2 Å². The van der Waals surface area contributed by atoms with E-state index in [9.17, 15) is 0 Å². The van der Waals surface area contributed by atoms with Gasteiger partial charge in [-0.15, -0.1) is 11.3 Å². The molecule has 1 aromatic carbocycles. The highest BCUT2D eigenvalue weighted by molar-refractivity contribution is 7.18. The highest BCUT2D eigenvalue weighted by atomic mass is 32.1. The average Bonchev–Trinajstić information content (AvgIpc) is 2.86. The number of aromatic nitrogens is 1. The zero-order chi connectivity index (χ0) is 11.0. The van der Waals surface area contributed by atoms with Crippen molar-refractivity contribution < 1.29 is 0 Å². The number of hydrogen-bond donors (Lipinski definition) is 1. The summed E-state index contributed by atoms with van der Waals surface area (Å²) in [5.41, 5.74) is 2.47. The lowest BCUT2D eigenvalue weighted by Gasteiger charge is -2.03. The first-order chi connectivity index (χ1) is 7.81. The molecule has 0 aliphatic carbocycles. The van der Waals surface area contributed by atoms with Gasteiger partial charge < -0.3 is 5.32 Å². The molecular formula is C13H16N2S. The van der Waals surface area contributed by atoms with E-state index in [-0.39, 0.29) is 0 Å². The van der Waals surface area contributed by atoms with E-state index in [1.807, 2.05) is 11.3 Å². The molecule has 0 amide bonds. The molecule has 1 aliphatic heterocycles. The third-order valence-corrected chi connectivity index (χ3v) is 4.27. The van der Waals surface area contributed by atoms with Gasteiger partial charge in [-0.1, -0.05) is 6.07 Å². The van der Waals surface area contributed by atoms with Gasteiger partial charge in [0.2, 0.25) is 0 Å². The van der Waals surface area contributed by atoms with Crippen LogP contribution in [0.5, 0.6) is 0 Å². The van der Waals surface area contributed by atoms with Crippen molar-refractivity contribution in [3.8, 4) is 0 Å². The van der Waals surface area contributed by atoms with Crippen LogP contribution >= 0.6 is 11.3 Å². The van der Waals surface area contributed by atoms with E-state index in [1.54, 1.807) is 0 Å². The Bertz CT molecular complexity index is 498. The van der Waals surface area contributed by atoms with Gasteiger partial charge >= 0.3 is 0 Å². The summed E-state index contributed by atoms with van der Waals surface area (Å²) < 4.78 is 1.33. The van der Waals surface area contributed by atoms with Gasteiger partial charge in [0.1, 0.15) is 0 Å². The van der Waals surface area contributed by atoms with Crippen LogP contribution in [0.2, 0.25) is 0 Å². The Morgan fingerprint density at radius 2 is 2.44 bits per heavy atom. The highest BCUT2D eigenvalue weighted by Gasteiger charge is 2.16. The van der Waals surface area contributed by atoms with Crippen molar-refractivity contribution in [3.63, 3.8) is 0 Å². The molecule has 1 N–H and O–H groups in total. The minimum atomic E-state index is 0.793. The van der Waals surface area contributed by atoms with Crippen LogP contribution in [0.4, 0.5) is 0 Å². The molecule has 0 bridgehead atoms. The van der Waals surface area contributed by atoms with Crippen molar-refractivity contribution in [2.24, 2.45) is 5.92 Å². The summed E-state index contributed by atoms with van der Waals surface area (Å²) in [7, 11) is 0. The molecule has 1 aliphatic rings. The first kappa shape index (κ1) is 10.2. The van der Waals surface area contributed by atoms with Crippen molar-refractivity contribution in [1.29, 1.82) is 0 Å². The van der Waals surface area contributed by atoms with Crippen LogP contribution in [0.25, 0.3) is 10.2 Å². The van der Waals surface area contributed by atoms with E-state index in [0.29, 0.717) is 0 Å². The molecule has 2 nitrogen and oxygen atoms in total. The molecule has 0 spiro atoms. The summed E-state index contributed by atoms with van der Waals surface area (Å²) in [6.45, 7) is 4.46. The Morgan fingerprint density at radius 3 is 3.25 bits per heavy atom. The molecule has 1 saturated heterocycles. The SMILES string of the molecule is Cc1ccc2sc(CC3CCNC3)nc2c1. The smallest absolute Gasteiger partial charge is 0.0941 e. The number of benzene rings is 1. The van der Waals surface area contributed by atoms with Crippen LogP contribution in [0.3, 0.4) is 0 Å². The maximum Gasteiger partial charge on any atom is 0.0941 e. The molecule has 1 unspecified atom stereocenters. The van der Waals surface area contributed by atoms with E-state index in [2.05, 4.69) is 30.4 Å². The zero-order valence-electron chi connectivity index (χ0n) is 9.49. The lowest BCUT2D eigenvalue weighted by atomic mass is 10.1. The number of nitrogens with one attached hydrogen (secondary N) is 1. The molecule has 0 saturated carbocycles. The van der Waals surface area contributed by atoms with Gasteiger partial charge in [0.25, 0.3) is 0 Å². The van der Waals surface area contributed by atoms with E-state index in [1.165, 1.54) is 33.8 Å². The second kappa shape index (κ2) is 4.15. The van der Waals surface area contributed by atoms with Gasteiger partial charge in [-0.25, -0.2) is 4.98 Å². The van der Waals surface area contributed by atoms with Gasteiger partial charge in [0.15, 0.2) is 0 Å². The molecule has 2 aromatic rings. The number of hydrogen-bond acceptors (Lipinski definition) is 3. The van der Waals surface area contributed by atoms with E-state index in [0.717, 1.165) is 18.9 Å². The monoisotopic (exact) mass is 232 g/mol. The predicted molar refractivity (Wildman–Crippen MR) is 69.0 cm³/mol. The van der Waals surface area contributed by atoms with Gasteiger partial charge in [0, 0.05) is 6.42 Å². The number of rotatable bonds is 2. The van der Waals surface area contributed by atoms with Crippen molar-refractivity contribution in [3.05, 3.63) is 28.8 Å². The Balaban J connectivity index is 1.86. The fourth-order valence-corrected chi connectivity index (χ4v) is 3.37. The standard InChI is InChI=1S/C13H16N2S/c1-9-2-3-12-11(6-9)15-13(16-12)7-10-4-5-14-8-10/h2-3,6,10,14H,4-5,7-8H2,1H3. The van der Waals surface area contributed by atoms with Crippen LogP contribution in [0.1, 0.15) is 17.0 Å². The second-order valence-electron chi connectivity index (χ2n) is 4.64. The molecule has 0 radical (unpaired) electrons. The Labute approximate surface area is 99.7 Å². The summed E-state index contributed by atoms with van der Waals surface area (Å²) in [5, 5.41) is 4.71. The third-order valence-electron chi connectivity index (χ3n) is 3.21. The number of aryl methyl sites for hydroxylation is 1. The molecule has 84 valence electrons. The van der Waals surface area contributed by atoms with E-state index in [4.69, 9.17) is 4.98 Å². The zero-order valence-corrected chi connectivity index (χ0v) is 10.3. The van der Waals surface area contributed by atoms with Crippen LogP contribution in [-0.4, -0.2) is 18.1 Å². The minimum Gasteiger partial charge on any atom is -0.316 e. The van der Waals surface area contributed by atoms with Crippen LogP contribution < -0.4 is 5.32 Å². The first-order valence-electron chi connectivity index (χ1n) is 5.88. The molecule has 3 rings (SSSR count). The molecule has 3 heteroatoms. The van der Waals surface area contributed by atoms with Gasteiger partial charge in [-0.3, -0.25) is 0 Å². The number of nitrogens with zero attached hydrogens (tertiary/aromatic N) is 1. The summed E-state index contributed by atoms with van der Waals surface area (Å²) in [6.07, 6.45) is 2.44. The summed E-state index contributed by atoms with van der Waals surface area (Å²) in [4.78, 5) is 4.73. The van der Waals surface area contributed by atoms with Gasteiger partial charge in [-0.2, -0.15) is 0 Å². The van der Waals surface area contributed by atoms with Crippen molar-refractivity contribution >= 4 is 21.6 Å². The number of fused-ring (bicyclic) bond motifs is 1. The summed E-state index contributed by atoms with van der Waals surface area (Å²) >= 11 is 1.85. The lowest BCUT2D eigenvalue weighted by molar-refractivity contribution is 0.579. The lowest BCUT2D eigenvalue weighted by Crippen LogP contribution is -2.10. The molecule has 1 aromatic heterocycles. The second-order valence-corrected chi connectivity index (χ2v) is 5.76. The topological polar surface area (TPSA) is 24.9 Å². The maximum absolute atomic E-state index is 4.73. The third kappa shape index (κ3) is 1.97. The Morgan fingerprint density at radius 1 is 1.50 bits per heavy atom. The fourth-order valence-electron chi connectivity index (χ4n) is 2.31. The van der Waals surface area contributed by atoms with Crippen molar-refractivity contribution in [2.45, 2.75) is 19.8 Å². The van der Waals surface area contributed by atoms with E-state index < -0.39 is 0 Å². The van der Waals surface area contributed by atoms with Gasteiger partial charge in [-0.05, 0) is 50.0 Å². The maximum atomic E-state index is 4.73. The normalized spacial score (nSPS) is 20.7. The molecular weight excluding hydrogens is 216 g/mol. The van der Waals surface area contributed by atoms with Crippen molar-refractivity contribution in [1.82, 2.24) is 10.3 Å². The highest BCUT2D eigenvalue weighted by Crippen LogP contribution is 2.26. The summed E-state index contributed by atoms with van der Waals surface area (Å²) in [6, 6.07) is 6.54. The molecule has 1 atom stereocenters. The van der Waals surface area contributed by atoms with Gasteiger partial charge in [0.05, 0.1) is 15.2 Å². The predicted octanol–water partition coefficient (Wildman–Crippen LogP) is 2.76. The van der Waals surface area contributed by atoms with Crippen LogP contribution in [0, 0.1) is 12.8 Å². The number of thiazole rings is 1. The van der Waals surface area contributed by atoms with Crippen LogP contribution in [-0.2, 0) is 6.42 Å². The molecule has 1 fully saturated rings. The minimum absolute atomic E-state index is 0.793. The quantitative estimate of drug-likeness (QED) is 0.861. The Kier molecular flexibility index (Phi) is 2.65. The Hall–Kier alpha value is -0.930.